The van der Waals surface area contributed by atoms with Gasteiger partial charge in [0.1, 0.15) is 5.75 Å². The molecule has 0 amide bonds. The molecular formula is C16H24N4O. The van der Waals surface area contributed by atoms with Gasteiger partial charge >= 0.3 is 0 Å². The van der Waals surface area contributed by atoms with E-state index in [9.17, 15) is 0 Å². The lowest BCUT2D eigenvalue weighted by Crippen LogP contribution is -2.20. The van der Waals surface area contributed by atoms with Crippen LogP contribution in [0.2, 0.25) is 0 Å². The number of rotatable bonds is 7. The molecular weight excluding hydrogens is 264 g/mol. The molecule has 2 aromatic rings. The van der Waals surface area contributed by atoms with Crippen LogP contribution >= 0.6 is 0 Å². The number of methoxy groups -OCH3 is 1. The normalized spacial score (nSPS) is 10.7. The van der Waals surface area contributed by atoms with Crippen molar-refractivity contribution < 1.29 is 4.74 Å². The van der Waals surface area contributed by atoms with Crippen LogP contribution in [0.4, 0.5) is 5.95 Å². The van der Waals surface area contributed by atoms with E-state index in [4.69, 9.17) is 4.74 Å². The first kappa shape index (κ1) is 15.4. The summed E-state index contributed by atoms with van der Waals surface area (Å²) in [7, 11) is 7.76. The van der Waals surface area contributed by atoms with E-state index in [-0.39, 0.29) is 0 Å². The Morgan fingerprint density at radius 1 is 1.29 bits per heavy atom. The van der Waals surface area contributed by atoms with Crippen LogP contribution in [-0.2, 0) is 20.0 Å². The molecule has 5 heteroatoms. The smallest absolute Gasteiger partial charge is 0.204 e. The SMILES string of the molecule is COc1ccccc1CCNCc1cnc(N(C)C)n1C. The molecule has 0 atom stereocenters. The van der Waals surface area contributed by atoms with Gasteiger partial charge in [-0.1, -0.05) is 18.2 Å². The molecule has 1 aromatic heterocycles. The van der Waals surface area contributed by atoms with Crippen molar-refractivity contribution in [1.29, 1.82) is 0 Å². The number of aromatic nitrogens is 2. The Hall–Kier alpha value is -2.01. The number of benzene rings is 1. The Balaban J connectivity index is 1.85. The summed E-state index contributed by atoms with van der Waals surface area (Å²) >= 11 is 0. The topological polar surface area (TPSA) is 42.3 Å². The van der Waals surface area contributed by atoms with Crippen molar-refractivity contribution in [3.63, 3.8) is 0 Å². The first-order chi connectivity index (χ1) is 10.1. The second-order valence-electron chi connectivity index (χ2n) is 5.24. The Morgan fingerprint density at radius 3 is 2.71 bits per heavy atom. The summed E-state index contributed by atoms with van der Waals surface area (Å²) in [6, 6.07) is 8.14. The highest BCUT2D eigenvalue weighted by molar-refractivity contribution is 5.33. The van der Waals surface area contributed by atoms with Crippen molar-refractivity contribution >= 4 is 5.95 Å². The van der Waals surface area contributed by atoms with Crippen LogP contribution in [0.5, 0.6) is 5.75 Å². The minimum absolute atomic E-state index is 0.812. The summed E-state index contributed by atoms with van der Waals surface area (Å²) < 4.78 is 7.47. The molecule has 2 rings (SSSR count). The summed E-state index contributed by atoms with van der Waals surface area (Å²) in [5.74, 6) is 1.92. The molecule has 5 nitrogen and oxygen atoms in total. The third-order valence-electron chi connectivity index (χ3n) is 3.53. The summed E-state index contributed by atoms with van der Waals surface area (Å²) in [5, 5.41) is 3.46. The maximum Gasteiger partial charge on any atom is 0.204 e. The van der Waals surface area contributed by atoms with Gasteiger partial charge in [0, 0.05) is 27.7 Å². The van der Waals surface area contributed by atoms with Gasteiger partial charge in [0.05, 0.1) is 19.0 Å². The summed E-state index contributed by atoms with van der Waals surface area (Å²) in [4.78, 5) is 6.42. The van der Waals surface area contributed by atoms with Gasteiger partial charge in [-0.15, -0.1) is 0 Å². The quantitative estimate of drug-likeness (QED) is 0.789. The fraction of sp³-hybridized carbons (Fsp3) is 0.438. The molecule has 0 aliphatic carbocycles. The van der Waals surface area contributed by atoms with Crippen LogP contribution < -0.4 is 15.0 Å². The highest BCUT2D eigenvalue weighted by Gasteiger charge is 2.07. The molecule has 0 saturated heterocycles. The average molecular weight is 288 g/mol. The molecule has 1 N–H and O–H groups in total. The van der Waals surface area contributed by atoms with Gasteiger partial charge in [-0.25, -0.2) is 4.98 Å². The van der Waals surface area contributed by atoms with Gasteiger partial charge in [-0.05, 0) is 24.6 Å². The zero-order valence-corrected chi connectivity index (χ0v) is 13.3. The molecule has 0 saturated carbocycles. The van der Waals surface area contributed by atoms with Gasteiger partial charge in [0.2, 0.25) is 5.95 Å². The second kappa shape index (κ2) is 7.13. The first-order valence-electron chi connectivity index (χ1n) is 7.14. The Kier molecular flexibility index (Phi) is 5.22. The summed E-state index contributed by atoms with van der Waals surface area (Å²) in [6.45, 7) is 1.72. The minimum atomic E-state index is 0.812. The number of hydrogen-bond acceptors (Lipinski definition) is 4. The van der Waals surface area contributed by atoms with Crippen LogP contribution in [0, 0.1) is 0 Å². The third kappa shape index (κ3) is 3.76. The summed E-state index contributed by atoms with van der Waals surface area (Å²) in [5.41, 5.74) is 2.41. The van der Waals surface area contributed by atoms with E-state index in [0.717, 1.165) is 31.2 Å². The number of hydrogen-bond donors (Lipinski definition) is 1. The minimum Gasteiger partial charge on any atom is -0.496 e. The number of anilines is 1. The zero-order valence-electron chi connectivity index (χ0n) is 13.3. The van der Waals surface area contributed by atoms with Gasteiger partial charge in [-0.3, -0.25) is 0 Å². The predicted octanol–water partition coefficient (Wildman–Crippen LogP) is 1.83. The number of para-hydroxylation sites is 1. The fourth-order valence-corrected chi connectivity index (χ4v) is 2.36. The fourth-order valence-electron chi connectivity index (χ4n) is 2.36. The van der Waals surface area contributed by atoms with Crippen molar-refractivity contribution in [3.05, 3.63) is 41.7 Å². The van der Waals surface area contributed by atoms with E-state index in [1.807, 2.05) is 50.4 Å². The highest BCUT2D eigenvalue weighted by Crippen LogP contribution is 2.17. The van der Waals surface area contributed by atoms with Crippen LogP contribution in [0.25, 0.3) is 0 Å². The number of nitrogens with one attached hydrogen (secondary N) is 1. The maximum absolute atomic E-state index is 5.36. The standard InChI is InChI=1S/C16H24N4O/c1-19(2)16-18-12-14(20(16)3)11-17-10-9-13-7-5-6-8-15(13)21-4/h5-8,12,17H,9-11H2,1-4H3. The largest absolute Gasteiger partial charge is 0.496 e. The third-order valence-corrected chi connectivity index (χ3v) is 3.53. The zero-order chi connectivity index (χ0) is 15.2. The lowest BCUT2D eigenvalue weighted by molar-refractivity contribution is 0.409. The highest BCUT2D eigenvalue weighted by atomic mass is 16.5. The molecule has 1 heterocycles. The van der Waals surface area contributed by atoms with E-state index in [2.05, 4.69) is 20.9 Å². The predicted molar refractivity (Wildman–Crippen MR) is 85.9 cm³/mol. The second-order valence-corrected chi connectivity index (χ2v) is 5.24. The van der Waals surface area contributed by atoms with Gasteiger partial charge < -0.3 is 19.5 Å². The molecule has 0 radical (unpaired) electrons. The molecule has 0 spiro atoms. The van der Waals surface area contributed by atoms with E-state index in [1.165, 1.54) is 11.3 Å². The van der Waals surface area contributed by atoms with E-state index < -0.39 is 0 Å². The lowest BCUT2D eigenvalue weighted by atomic mass is 10.1. The number of ether oxygens (including phenoxy) is 1. The van der Waals surface area contributed by atoms with Crippen molar-refractivity contribution in [2.45, 2.75) is 13.0 Å². The van der Waals surface area contributed by atoms with E-state index in [0.29, 0.717) is 0 Å². The molecule has 21 heavy (non-hydrogen) atoms. The monoisotopic (exact) mass is 288 g/mol. The molecule has 0 fully saturated rings. The van der Waals surface area contributed by atoms with Crippen molar-refractivity contribution in [2.24, 2.45) is 7.05 Å². The van der Waals surface area contributed by atoms with Crippen molar-refractivity contribution in [1.82, 2.24) is 14.9 Å². The van der Waals surface area contributed by atoms with E-state index >= 15 is 0 Å². The van der Waals surface area contributed by atoms with Crippen LogP contribution in [-0.4, -0.2) is 37.3 Å². The first-order valence-corrected chi connectivity index (χ1v) is 7.14. The maximum atomic E-state index is 5.36. The Morgan fingerprint density at radius 2 is 2.05 bits per heavy atom. The molecule has 0 aliphatic heterocycles. The molecule has 0 unspecified atom stereocenters. The van der Waals surface area contributed by atoms with Crippen LogP contribution in [0.3, 0.4) is 0 Å². The molecule has 0 bridgehead atoms. The van der Waals surface area contributed by atoms with Gasteiger partial charge in [0.15, 0.2) is 0 Å². The van der Waals surface area contributed by atoms with Crippen molar-refractivity contribution in [3.8, 4) is 5.75 Å². The molecule has 0 aliphatic rings. The number of nitrogens with zero attached hydrogens (tertiary/aromatic N) is 3. The molecule has 1 aromatic carbocycles. The average Bonchev–Trinajstić information content (AvgIpc) is 2.85. The van der Waals surface area contributed by atoms with Gasteiger partial charge in [0.25, 0.3) is 0 Å². The van der Waals surface area contributed by atoms with Gasteiger partial charge in [-0.2, -0.15) is 0 Å². The lowest BCUT2D eigenvalue weighted by Gasteiger charge is -2.13. The number of imidazole rings is 1. The van der Waals surface area contributed by atoms with Crippen molar-refractivity contribution in [2.75, 3.05) is 32.6 Å². The Labute approximate surface area is 126 Å². The van der Waals surface area contributed by atoms with E-state index in [1.54, 1.807) is 7.11 Å². The van der Waals surface area contributed by atoms with Crippen LogP contribution in [0.15, 0.2) is 30.5 Å². The molecule has 114 valence electrons. The van der Waals surface area contributed by atoms with Crippen LogP contribution in [0.1, 0.15) is 11.3 Å². The Bertz CT molecular complexity index is 577. The summed E-state index contributed by atoms with van der Waals surface area (Å²) in [6.07, 6.45) is 2.87.